The van der Waals surface area contributed by atoms with Crippen molar-refractivity contribution in [2.45, 2.75) is 0 Å². The Kier molecular flexibility index (Phi) is 8.12. The Bertz CT molecular complexity index is 2530. The van der Waals surface area contributed by atoms with Crippen LogP contribution in [0, 0.1) is 0 Å². The fourth-order valence-electron chi connectivity index (χ4n) is 6.61. The zero-order chi connectivity index (χ0) is 34.7. The molecule has 9 aromatic rings. The van der Waals surface area contributed by atoms with Crippen molar-refractivity contribution in [1.82, 2.24) is 24.9 Å². The molecule has 0 bridgehead atoms. The summed E-state index contributed by atoms with van der Waals surface area (Å²) in [4.78, 5) is 23.9. The van der Waals surface area contributed by atoms with Gasteiger partial charge in [-0.1, -0.05) is 127 Å². The Morgan fingerprint density at radius 3 is 1.31 bits per heavy atom. The zero-order valence-corrected chi connectivity index (χ0v) is 28.1. The summed E-state index contributed by atoms with van der Waals surface area (Å²) in [6, 6.07) is 60.4. The Morgan fingerprint density at radius 2 is 0.769 bits per heavy atom. The fourth-order valence-corrected chi connectivity index (χ4v) is 6.61. The van der Waals surface area contributed by atoms with Gasteiger partial charge in [-0.2, -0.15) is 0 Å². The second kappa shape index (κ2) is 13.7. The van der Waals surface area contributed by atoms with E-state index in [4.69, 9.17) is 15.0 Å². The molecule has 9 rings (SSSR count). The highest BCUT2D eigenvalue weighted by Crippen LogP contribution is 2.36. The van der Waals surface area contributed by atoms with Crippen LogP contribution in [0.15, 0.2) is 188 Å². The predicted molar refractivity (Wildman–Crippen MR) is 211 cm³/mol. The molecule has 0 unspecified atom stereocenters. The smallest absolute Gasteiger partial charge is 0.164 e. The third-order valence-electron chi connectivity index (χ3n) is 9.22. The van der Waals surface area contributed by atoms with Crippen LogP contribution in [0.4, 0.5) is 0 Å². The summed E-state index contributed by atoms with van der Waals surface area (Å²) in [5.74, 6) is 1.94. The highest BCUT2D eigenvalue weighted by Gasteiger charge is 2.14. The molecule has 6 aromatic carbocycles. The molecule has 0 saturated heterocycles. The van der Waals surface area contributed by atoms with Crippen molar-refractivity contribution in [3.63, 3.8) is 0 Å². The second-order valence-electron chi connectivity index (χ2n) is 12.6. The summed E-state index contributed by atoms with van der Waals surface area (Å²) in [5.41, 5.74) is 11.3. The van der Waals surface area contributed by atoms with E-state index in [1.54, 1.807) is 0 Å². The molecule has 0 aliphatic carbocycles. The summed E-state index contributed by atoms with van der Waals surface area (Å²) in [7, 11) is 0. The maximum absolute atomic E-state index is 4.91. The Balaban J connectivity index is 1.08. The maximum atomic E-state index is 4.91. The van der Waals surface area contributed by atoms with Gasteiger partial charge >= 0.3 is 0 Å². The first kappa shape index (κ1) is 30.9. The van der Waals surface area contributed by atoms with Crippen LogP contribution in [0.1, 0.15) is 0 Å². The summed E-state index contributed by atoms with van der Waals surface area (Å²) in [6.07, 6.45) is 3.67. The Labute approximate surface area is 302 Å². The van der Waals surface area contributed by atoms with Gasteiger partial charge in [0.2, 0.25) is 0 Å². The van der Waals surface area contributed by atoms with Gasteiger partial charge in [0.15, 0.2) is 17.5 Å². The highest BCUT2D eigenvalue weighted by atomic mass is 15.0. The lowest BCUT2D eigenvalue weighted by Crippen LogP contribution is -2.00. The number of pyridine rings is 2. The summed E-state index contributed by atoms with van der Waals surface area (Å²) >= 11 is 0. The monoisotopic (exact) mass is 665 g/mol. The minimum absolute atomic E-state index is 0.639. The van der Waals surface area contributed by atoms with E-state index in [1.165, 1.54) is 10.8 Å². The van der Waals surface area contributed by atoms with Crippen LogP contribution in [-0.4, -0.2) is 24.9 Å². The molecule has 0 amide bonds. The van der Waals surface area contributed by atoms with E-state index < -0.39 is 0 Å². The van der Waals surface area contributed by atoms with E-state index >= 15 is 0 Å². The number of benzene rings is 6. The number of aromatic nitrogens is 5. The number of nitrogens with zero attached hydrogens (tertiary/aromatic N) is 5. The minimum atomic E-state index is 0.639. The summed E-state index contributed by atoms with van der Waals surface area (Å²) < 4.78 is 0. The summed E-state index contributed by atoms with van der Waals surface area (Å²) in [6.45, 7) is 0. The van der Waals surface area contributed by atoms with Crippen LogP contribution < -0.4 is 0 Å². The summed E-state index contributed by atoms with van der Waals surface area (Å²) in [5, 5.41) is 2.35. The van der Waals surface area contributed by atoms with Gasteiger partial charge < -0.3 is 0 Å². The van der Waals surface area contributed by atoms with Crippen LogP contribution in [-0.2, 0) is 0 Å². The third-order valence-corrected chi connectivity index (χ3v) is 9.22. The Morgan fingerprint density at radius 1 is 0.288 bits per heavy atom. The molecular weight excluding hydrogens is 635 g/mol. The molecule has 0 aliphatic rings. The van der Waals surface area contributed by atoms with Crippen molar-refractivity contribution in [2.75, 3.05) is 0 Å². The van der Waals surface area contributed by atoms with E-state index in [9.17, 15) is 0 Å². The van der Waals surface area contributed by atoms with E-state index in [0.29, 0.717) is 17.5 Å². The van der Waals surface area contributed by atoms with Crippen molar-refractivity contribution in [1.29, 1.82) is 0 Å². The third kappa shape index (κ3) is 6.23. The van der Waals surface area contributed by atoms with Gasteiger partial charge in [0.25, 0.3) is 0 Å². The first-order valence-corrected chi connectivity index (χ1v) is 17.2. The van der Waals surface area contributed by atoms with Gasteiger partial charge in [-0.25, -0.2) is 15.0 Å². The molecule has 0 N–H and O–H groups in total. The average Bonchev–Trinajstić information content (AvgIpc) is 3.24. The second-order valence-corrected chi connectivity index (χ2v) is 12.6. The maximum Gasteiger partial charge on any atom is 0.164 e. The van der Waals surface area contributed by atoms with E-state index in [1.807, 2.05) is 109 Å². The van der Waals surface area contributed by atoms with Crippen molar-refractivity contribution in [3.8, 4) is 78.9 Å². The molecule has 0 fully saturated rings. The predicted octanol–water partition coefficient (Wildman–Crippen LogP) is 11.5. The topological polar surface area (TPSA) is 64.5 Å². The van der Waals surface area contributed by atoms with Gasteiger partial charge in [-0.3, -0.25) is 9.97 Å². The van der Waals surface area contributed by atoms with E-state index in [-0.39, 0.29) is 0 Å². The van der Waals surface area contributed by atoms with Gasteiger partial charge in [0.05, 0.1) is 11.4 Å². The number of rotatable bonds is 7. The molecule has 244 valence electrons. The van der Waals surface area contributed by atoms with Gasteiger partial charge in [-0.15, -0.1) is 0 Å². The van der Waals surface area contributed by atoms with Crippen molar-refractivity contribution in [3.05, 3.63) is 188 Å². The van der Waals surface area contributed by atoms with E-state index in [2.05, 4.69) is 88.8 Å². The fraction of sp³-hybridized carbons (Fsp3) is 0. The van der Waals surface area contributed by atoms with Crippen molar-refractivity contribution < 1.29 is 0 Å². The molecule has 3 aromatic heterocycles. The highest BCUT2D eigenvalue weighted by molar-refractivity contribution is 5.99. The number of hydrogen-bond donors (Lipinski definition) is 0. The van der Waals surface area contributed by atoms with Crippen LogP contribution in [0.25, 0.3) is 89.7 Å². The lowest BCUT2D eigenvalue weighted by atomic mass is 9.92. The van der Waals surface area contributed by atoms with E-state index in [0.717, 1.165) is 61.5 Å². The van der Waals surface area contributed by atoms with Crippen molar-refractivity contribution >= 4 is 10.8 Å². The SMILES string of the molecule is c1ccc(-c2nc(-c3ccccc3)nc(-c3ccc(-c4cccc5cc(-c6cc(-c7ccccn7)cc(-c7ccccn7)c6)ccc45)cc3)n2)cc1. The molecule has 5 heteroatoms. The van der Waals surface area contributed by atoms with Gasteiger partial charge in [0.1, 0.15) is 0 Å². The lowest BCUT2D eigenvalue weighted by molar-refractivity contribution is 1.07. The zero-order valence-electron chi connectivity index (χ0n) is 28.1. The lowest BCUT2D eigenvalue weighted by Gasteiger charge is -2.13. The van der Waals surface area contributed by atoms with Crippen LogP contribution in [0.3, 0.4) is 0 Å². The molecule has 5 nitrogen and oxygen atoms in total. The Hall–Kier alpha value is -7.11. The van der Waals surface area contributed by atoms with Crippen LogP contribution in [0.5, 0.6) is 0 Å². The molecular formula is C47H31N5. The molecule has 52 heavy (non-hydrogen) atoms. The molecule has 0 radical (unpaired) electrons. The first-order chi connectivity index (χ1) is 25.7. The standard InChI is InChI=1S/C47H31N5/c1-3-12-33(13-4-1)45-50-46(34-14-5-2-6-15-34)52-47(51-45)35-22-20-32(21-23-35)41-17-11-16-37-28-36(24-25-42(37)41)38-29-39(43-18-7-9-26-48-43)31-40(30-38)44-19-8-10-27-49-44/h1-31H. The molecule has 3 heterocycles. The molecule has 0 atom stereocenters. The van der Waals surface area contributed by atoms with Crippen molar-refractivity contribution in [2.24, 2.45) is 0 Å². The van der Waals surface area contributed by atoms with Gasteiger partial charge in [-0.05, 0) is 81.6 Å². The van der Waals surface area contributed by atoms with Crippen LogP contribution >= 0.6 is 0 Å². The molecule has 0 saturated carbocycles. The molecule has 0 aliphatic heterocycles. The first-order valence-electron chi connectivity index (χ1n) is 17.2. The number of hydrogen-bond acceptors (Lipinski definition) is 5. The van der Waals surface area contributed by atoms with Gasteiger partial charge in [0, 0.05) is 40.2 Å². The quantitative estimate of drug-likeness (QED) is 0.169. The largest absolute Gasteiger partial charge is 0.256 e. The normalized spacial score (nSPS) is 11.1. The minimum Gasteiger partial charge on any atom is -0.256 e. The molecule has 0 spiro atoms. The van der Waals surface area contributed by atoms with Crippen LogP contribution in [0.2, 0.25) is 0 Å². The number of fused-ring (bicyclic) bond motifs is 1. The average molecular weight is 666 g/mol.